The van der Waals surface area contributed by atoms with Crippen molar-refractivity contribution < 1.29 is 14.6 Å². The fourth-order valence-electron chi connectivity index (χ4n) is 1.49. The van der Waals surface area contributed by atoms with Gasteiger partial charge in [-0.25, -0.2) is 9.78 Å². The summed E-state index contributed by atoms with van der Waals surface area (Å²) in [6.07, 6.45) is 0. The highest BCUT2D eigenvalue weighted by molar-refractivity contribution is 5.88. The molecule has 0 amide bonds. The van der Waals surface area contributed by atoms with Crippen LogP contribution in [0.3, 0.4) is 0 Å². The molecule has 1 aromatic carbocycles. The van der Waals surface area contributed by atoms with Gasteiger partial charge in [0, 0.05) is 6.07 Å². The van der Waals surface area contributed by atoms with E-state index >= 15 is 0 Å². The normalized spacial score (nSPS) is 9.68. The first kappa shape index (κ1) is 12.6. The van der Waals surface area contributed by atoms with Gasteiger partial charge in [-0.3, -0.25) is 0 Å². The molecule has 5 nitrogen and oxygen atoms in total. The van der Waals surface area contributed by atoms with Crippen molar-refractivity contribution in [2.24, 2.45) is 0 Å². The predicted molar refractivity (Wildman–Crippen MR) is 67.2 cm³/mol. The number of nitrogens with zero attached hydrogens (tertiary/aromatic N) is 2. The lowest BCUT2D eigenvalue weighted by Gasteiger charge is -2.08. The molecule has 0 aliphatic carbocycles. The van der Waals surface area contributed by atoms with Gasteiger partial charge in [-0.1, -0.05) is 12.1 Å². The molecule has 0 fully saturated rings. The number of pyridine rings is 1. The molecular formula is C14H10N2O3. The molecule has 0 unspecified atom stereocenters. The fraction of sp³-hybridized carbons (Fsp3) is 0.0714. The number of hydrogen-bond donors (Lipinski definition) is 1. The number of aromatic nitrogens is 1. The summed E-state index contributed by atoms with van der Waals surface area (Å²) in [5.41, 5.74) is 1.16. The minimum Gasteiger partial charge on any atom is -0.478 e. The molecule has 1 heterocycles. The summed E-state index contributed by atoms with van der Waals surface area (Å²) in [5, 5.41) is 17.7. The number of aryl methyl sites for hydroxylation is 1. The van der Waals surface area contributed by atoms with Gasteiger partial charge in [-0.15, -0.1) is 0 Å². The van der Waals surface area contributed by atoms with Crippen LogP contribution in [0.2, 0.25) is 0 Å². The van der Waals surface area contributed by atoms with Crippen LogP contribution in [0.25, 0.3) is 0 Å². The minimum atomic E-state index is -1.02. The molecule has 19 heavy (non-hydrogen) atoms. The Kier molecular flexibility index (Phi) is 3.44. The van der Waals surface area contributed by atoms with Crippen LogP contribution in [-0.2, 0) is 0 Å². The molecule has 0 spiro atoms. The van der Waals surface area contributed by atoms with Gasteiger partial charge in [0.1, 0.15) is 17.5 Å². The molecule has 2 rings (SSSR count). The van der Waals surface area contributed by atoms with E-state index in [0.717, 1.165) is 5.56 Å². The predicted octanol–water partition coefficient (Wildman–Crippen LogP) is 2.75. The van der Waals surface area contributed by atoms with Crippen LogP contribution in [0.5, 0.6) is 11.6 Å². The Labute approximate surface area is 109 Å². The van der Waals surface area contributed by atoms with E-state index in [1.165, 1.54) is 12.1 Å². The van der Waals surface area contributed by atoms with Crippen LogP contribution >= 0.6 is 0 Å². The number of rotatable bonds is 3. The zero-order valence-electron chi connectivity index (χ0n) is 10.1. The van der Waals surface area contributed by atoms with Gasteiger partial charge in [0.15, 0.2) is 0 Å². The third-order valence-corrected chi connectivity index (χ3v) is 2.49. The number of carboxylic acids is 1. The fourth-order valence-corrected chi connectivity index (χ4v) is 1.49. The van der Waals surface area contributed by atoms with Gasteiger partial charge in [0.05, 0.1) is 5.56 Å². The zero-order chi connectivity index (χ0) is 13.8. The van der Waals surface area contributed by atoms with Gasteiger partial charge >= 0.3 is 5.97 Å². The maximum absolute atomic E-state index is 10.9. The summed E-state index contributed by atoms with van der Waals surface area (Å²) in [4.78, 5) is 14.9. The Bertz CT molecular complexity index is 675. The first-order chi connectivity index (χ1) is 9.10. The van der Waals surface area contributed by atoms with Crippen LogP contribution in [-0.4, -0.2) is 16.1 Å². The molecule has 0 aliphatic heterocycles. The van der Waals surface area contributed by atoms with Crippen molar-refractivity contribution in [1.82, 2.24) is 4.98 Å². The van der Waals surface area contributed by atoms with Gasteiger partial charge in [-0.05, 0) is 30.7 Å². The molecule has 94 valence electrons. The minimum absolute atomic E-state index is 0.136. The Hall–Kier alpha value is -2.87. The lowest BCUT2D eigenvalue weighted by molar-refractivity contribution is 0.0696. The Balaban J connectivity index is 2.34. The number of nitriles is 1. The van der Waals surface area contributed by atoms with E-state index < -0.39 is 5.97 Å². The highest BCUT2D eigenvalue weighted by atomic mass is 16.5. The standard InChI is InChI=1S/C14H10N2O3/c1-9-5-6-10(14(17)18)7-12(9)19-13-4-2-3-11(8-15)16-13/h2-7H,1H3,(H,17,18). The van der Waals surface area contributed by atoms with Gasteiger partial charge in [0.2, 0.25) is 5.88 Å². The summed E-state index contributed by atoms with van der Waals surface area (Å²) in [6, 6.07) is 11.3. The zero-order valence-corrected chi connectivity index (χ0v) is 10.1. The number of benzene rings is 1. The molecule has 1 aromatic heterocycles. The van der Waals surface area contributed by atoms with Gasteiger partial charge < -0.3 is 9.84 Å². The van der Waals surface area contributed by atoms with E-state index in [-0.39, 0.29) is 17.1 Å². The second-order valence-electron chi connectivity index (χ2n) is 3.86. The molecule has 0 atom stereocenters. The molecule has 0 bridgehead atoms. The van der Waals surface area contributed by atoms with Crippen LogP contribution < -0.4 is 4.74 Å². The average Bonchev–Trinajstić information content (AvgIpc) is 2.41. The largest absolute Gasteiger partial charge is 0.478 e. The molecule has 0 saturated heterocycles. The van der Waals surface area contributed by atoms with Crippen LogP contribution in [0, 0.1) is 18.3 Å². The Morgan fingerprint density at radius 1 is 1.37 bits per heavy atom. The second-order valence-corrected chi connectivity index (χ2v) is 3.86. The lowest BCUT2D eigenvalue weighted by Crippen LogP contribution is -1.98. The molecule has 2 aromatic rings. The number of carbonyl (C=O) groups is 1. The highest BCUT2D eigenvalue weighted by Gasteiger charge is 2.08. The summed E-state index contributed by atoms with van der Waals surface area (Å²) < 4.78 is 5.52. The SMILES string of the molecule is Cc1ccc(C(=O)O)cc1Oc1cccc(C#N)n1. The molecule has 1 N–H and O–H groups in total. The van der Waals surface area contributed by atoms with E-state index in [1.54, 1.807) is 31.2 Å². The number of aromatic carboxylic acids is 1. The number of ether oxygens (including phenoxy) is 1. The maximum atomic E-state index is 10.9. The molecule has 0 aliphatic rings. The van der Waals surface area contributed by atoms with Crippen molar-refractivity contribution in [2.45, 2.75) is 6.92 Å². The van der Waals surface area contributed by atoms with E-state index in [4.69, 9.17) is 15.1 Å². The lowest BCUT2D eigenvalue weighted by atomic mass is 10.1. The highest BCUT2D eigenvalue weighted by Crippen LogP contribution is 2.25. The number of hydrogen-bond acceptors (Lipinski definition) is 4. The van der Waals surface area contributed by atoms with Crippen molar-refractivity contribution in [3.63, 3.8) is 0 Å². The van der Waals surface area contributed by atoms with E-state index in [1.807, 2.05) is 6.07 Å². The van der Waals surface area contributed by atoms with Crippen LogP contribution in [0.15, 0.2) is 36.4 Å². The van der Waals surface area contributed by atoms with E-state index in [2.05, 4.69) is 4.98 Å². The van der Waals surface area contributed by atoms with Gasteiger partial charge in [0.25, 0.3) is 0 Å². The maximum Gasteiger partial charge on any atom is 0.335 e. The average molecular weight is 254 g/mol. The van der Waals surface area contributed by atoms with Crippen molar-refractivity contribution in [3.8, 4) is 17.7 Å². The second kappa shape index (κ2) is 5.19. The summed E-state index contributed by atoms with van der Waals surface area (Å²) in [7, 11) is 0. The molecular weight excluding hydrogens is 244 g/mol. The number of carboxylic acid groups (broad SMARTS) is 1. The van der Waals surface area contributed by atoms with Crippen LogP contribution in [0.4, 0.5) is 0 Å². The van der Waals surface area contributed by atoms with Gasteiger partial charge in [-0.2, -0.15) is 5.26 Å². The van der Waals surface area contributed by atoms with Crippen LogP contribution in [0.1, 0.15) is 21.6 Å². The smallest absolute Gasteiger partial charge is 0.335 e. The Morgan fingerprint density at radius 3 is 2.84 bits per heavy atom. The summed E-state index contributed by atoms with van der Waals surface area (Å²) in [5.74, 6) is -0.365. The third-order valence-electron chi connectivity index (χ3n) is 2.49. The first-order valence-corrected chi connectivity index (χ1v) is 5.49. The molecule has 0 saturated carbocycles. The van der Waals surface area contributed by atoms with Crippen molar-refractivity contribution in [2.75, 3.05) is 0 Å². The van der Waals surface area contributed by atoms with Crippen molar-refractivity contribution in [1.29, 1.82) is 5.26 Å². The van der Waals surface area contributed by atoms with E-state index in [9.17, 15) is 4.79 Å². The first-order valence-electron chi connectivity index (χ1n) is 5.49. The quantitative estimate of drug-likeness (QED) is 0.910. The summed E-state index contributed by atoms with van der Waals surface area (Å²) in [6.45, 7) is 1.80. The van der Waals surface area contributed by atoms with Crippen molar-refractivity contribution >= 4 is 5.97 Å². The third kappa shape index (κ3) is 2.87. The summed E-state index contributed by atoms with van der Waals surface area (Å²) >= 11 is 0. The van der Waals surface area contributed by atoms with E-state index in [0.29, 0.717) is 5.75 Å². The molecule has 5 heteroatoms. The topological polar surface area (TPSA) is 83.2 Å². The monoisotopic (exact) mass is 254 g/mol. The molecule has 0 radical (unpaired) electrons. The Morgan fingerprint density at radius 2 is 2.16 bits per heavy atom. The van der Waals surface area contributed by atoms with Crippen molar-refractivity contribution in [3.05, 3.63) is 53.2 Å².